The zero-order valence-corrected chi connectivity index (χ0v) is 13.5. The Kier molecular flexibility index (Phi) is 6.53. The third-order valence-electron chi connectivity index (χ3n) is 3.94. The summed E-state index contributed by atoms with van der Waals surface area (Å²) >= 11 is 0. The number of hydrogen-bond donors (Lipinski definition) is 2. The van der Waals surface area contributed by atoms with E-state index < -0.39 is 4.92 Å². The Labute approximate surface area is 140 Å². The lowest BCUT2D eigenvalue weighted by Gasteiger charge is -2.20. The van der Waals surface area contributed by atoms with Crippen LogP contribution in [-0.2, 0) is 11.3 Å². The first-order chi connectivity index (χ1) is 11.6. The minimum absolute atomic E-state index is 0.0188. The Morgan fingerprint density at radius 1 is 1.17 bits per heavy atom. The van der Waals surface area contributed by atoms with Crippen LogP contribution in [0.2, 0.25) is 0 Å². The van der Waals surface area contributed by atoms with Crippen LogP contribution in [0.1, 0.15) is 31.2 Å². The van der Waals surface area contributed by atoms with E-state index in [0.29, 0.717) is 19.5 Å². The molecule has 0 bridgehead atoms. The van der Waals surface area contributed by atoms with Gasteiger partial charge in [-0.1, -0.05) is 18.6 Å². The van der Waals surface area contributed by atoms with Crippen molar-refractivity contribution >= 4 is 17.6 Å². The topological polar surface area (TPSA) is 105 Å². The van der Waals surface area contributed by atoms with Gasteiger partial charge in [0.2, 0.25) is 5.91 Å². The Bertz CT molecular complexity index is 588. The van der Waals surface area contributed by atoms with E-state index >= 15 is 0 Å². The van der Waals surface area contributed by atoms with Crippen molar-refractivity contribution in [2.75, 3.05) is 19.6 Å². The van der Waals surface area contributed by atoms with Crippen molar-refractivity contribution < 1.29 is 14.5 Å². The number of amides is 3. The van der Waals surface area contributed by atoms with E-state index in [-0.39, 0.29) is 24.2 Å². The van der Waals surface area contributed by atoms with Gasteiger partial charge in [0.05, 0.1) is 4.92 Å². The molecular weight excluding hydrogens is 312 g/mol. The molecule has 0 aliphatic carbocycles. The van der Waals surface area contributed by atoms with Crippen molar-refractivity contribution in [2.45, 2.75) is 32.2 Å². The Hall–Kier alpha value is -2.64. The van der Waals surface area contributed by atoms with Gasteiger partial charge in [-0.15, -0.1) is 0 Å². The van der Waals surface area contributed by atoms with E-state index in [4.69, 9.17) is 0 Å². The summed E-state index contributed by atoms with van der Waals surface area (Å²) in [6.07, 6.45) is 3.62. The first kappa shape index (κ1) is 17.7. The summed E-state index contributed by atoms with van der Waals surface area (Å²) in [6.45, 7) is 1.96. The predicted octanol–water partition coefficient (Wildman–Crippen LogP) is 1.80. The number of nitro groups is 1. The lowest BCUT2D eigenvalue weighted by Crippen LogP contribution is -2.41. The summed E-state index contributed by atoms with van der Waals surface area (Å²) < 4.78 is 0. The van der Waals surface area contributed by atoms with Gasteiger partial charge in [-0.2, -0.15) is 0 Å². The van der Waals surface area contributed by atoms with Gasteiger partial charge < -0.3 is 15.5 Å². The van der Waals surface area contributed by atoms with Crippen LogP contribution in [0.3, 0.4) is 0 Å². The van der Waals surface area contributed by atoms with Crippen LogP contribution >= 0.6 is 0 Å². The molecule has 0 radical (unpaired) electrons. The van der Waals surface area contributed by atoms with Crippen molar-refractivity contribution in [3.63, 3.8) is 0 Å². The second-order valence-electron chi connectivity index (χ2n) is 5.72. The lowest BCUT2D eigenvalue weighted by atomic mass is 10.2. The second-order valence-corrected chi connectivity index (χ2v) is 5.72. The van der Waals surface area contributed by atoms with Crippen molar-refractivity contribution in [1.29, 1.82) is 0 Å². The largest absolute Gasteiger partial charge is 0.341 e. The van der Waals surface area contributed by atoms with Crippen LogP contribution < -0.4 is 10.6 Å². The highest BCUT2D eigenvalue weighted by Crippen LogP contribution is 2.12. The van der Waals surface area contributed by atoms with E-state index in [1.807, 2.05) is 0 Å². The van der Waals surface area contributed by atoms with E-state index in [0.717, 1.165) is 31.4 Å². The number of carbonyl (C=O) groups excluding carboxylic acids is 2. The fraction of sp³-hybridized carbons (Fsp3) is 0.500. The normalized spacial score (nSPS) is 14.8. The van der Waals surface area contributed by atoms with Gasteiger partial charge in [-0.3, -0.25) is 14.9 Å². The van der Waals surface area contributed by atoms with Crippen molar-refractivity contribution in [3.8, 4) is 0 Å². The minimum atomic E-state index is -0.464. The maximum atomic E-state index is 11.8. The molecule has 0 spiro atoms. The van der Waals surface area contributed by atoms with Crippen LogP contribution in [0.25, 0.3) is 0 Å². The van der Waals surface area contributed by atoms with Crippen LogP contribution in [0.5, 0.6) is 0 Å². The number of rotatable bonds is 6. The number of non-ortho nitro benzene ring substituents is 1. The van der Waals surface area contributed by atoms with Crippen LogP contribution in [0.4, 0.5) is 10.5 Å². The molecule has 1 aromatic rings. The molecule has 1 saturated heterocycles. The van der Waals surface area contributed by atoms with Gasteiger partial charge in [0, 0.05) is 44.7 Å². The molecule has 2 N–H and O–H groups in total. The number of carbonyl (C=O) groups is 2. The molecule has 0 aromatic heterocycles. The highest BCUT2D eigenvalue weighted by molar-refractivity contribution is 5.76. The standard InChI is InChI=1S/C16H22N4O4/c21-15-4-2-1-3-10-19(15)11-9-17-16(22)18-12-13-5-7-14(8-6-13)20(23)24/h5-8H,1-4,9-12H2,(H2,17,18,22). The minimum Gasteiger partial charge on any atom is -0.341 e. The lowest BCUT2D eigenvalue weighted by molar-refractivity contribution is -0.384. The molecule has 130 valence electrons. The highest BCUT2D eigenvalue weighted by Gasteiger charge is 2.16. The third kappa shape index (κ3) is 5.53. The smallest absolute Gasteiger partial charge is 0.315 e. The summed E-state index contributed by atoms with van der Waals surface area (Å²) in [4.78, 5) is 35.5. The van der Waals surface area contributed by atoms with E-state index in [1.165, 1.54) is 12.1 Å². The number of hydrogen-bond acceptors (Lipinski definition) is 4. The number of likely N-dealkylation sites (tertiary alicyclic amines) is 1. The van der Waals surface area contributed by atoms with Gasteiger partial charge in [0.25, 0.3) is 5.69 Å². The van der Waals surface area contributed by atoms with Gasteiger partial charge in [-0.05, 0) is 18.4 Å². The summed E-state index contributed by atoms with van der Waals surface area (Å²) in [5.74, 6) is 0.153. The summed E-state index contributed by atoms with van der Waals surface area (Å²) in [7, 11) is 0. The molecule has 1 heterocycles. The molecule has 8 heteroatoms. The van der Waals surface area contributed by atoms with E-state index in [2.05, 4.69) is 10.6 Å². The molecule has 1 aliphatic rings. The average Bonchev–Trinajstić information content (AvgIpc) is 2.78. The van der Waals surface area contributed by atoms with Gasteiger partial charge in [0.1, 0.15) is 0 Å². The molecule has 2 rings (SSSR count). The third-order valence-corrected chi connectivity index (χ3v) is 3.94. The number of benzene rings is 1. The number of nitrogens with zero attached hydrogens (tertiary/aromatic N) is 2. The quantitative estimate of drug-likeness (QED) is 0.611. The Morgan fingerprint density at radius 3 is 2.62 bits per heavy atom. The molecule has 1 aliphatic heterocycles. The first-order valence-electron chi connectivity index (χ1n) is 8.09. The monoisotopic (exact) mass is 334 g/mol. The summed E-state index contributed by atoms with van der Waals surface area (Å²) in [6, 6.07) is 5.69. The molecule has 1 aromatic carbocycles. The average molecular weight is 334 g/mol. The summed E-state index contributed by atoms with van der Waals surface area (Å²) in [5.41, 5.74) is 0.795. The predicted molar refractivity (Wildman–Crippen MR) is 88.4 cm³/mol. The van der Waals surface area contributed by atoms with Gasteiger partial charge in [0.15, 0.2) is 0 Å². The van der Waals surface area contributed by atoms with Crippen molar-refractivity contribution in [2.24, 2.45) is 0 Å². The number of nitrogens with one attached hydrogen (secondary N) is 2. The maximum Gasteiger partial charge on any atom is 0.315 e. The highest BCUT2D eigenvalue weighted by atomic mass is 16.6. The SMILES string of the molecule is O=C(NCCN1CCCCCC1=O)NCc1ccc([N+](=O)[O-])cc1. The summed E-state index contributed by atoms with van der Waals surface area (Å²) in [5, 5.41) is 16.0. The van der Waals surface area contributed by atoms with Crippen LogP contribution in [-0.4, -0.2) is 41.4 Å². The zero-order chi connectivity index (χ0) is 17.4. The van der Waals surface area contributed by atoms with Crippen LogP contribution in [0, 0.1) is 10.1 Å². The van der Waals surface area contributed by atoms with Gasteiger partial charge >= 0.3 is 6.03 Å². The van der Waals surface area contributed by atoms with Gasteiger partial charge in [-0.25, -0.2) is 4.79 Å². The second kappa shape index (κ2) is 8.85. The van der Waals surface area contributed by atoms with E-state index in [9.17, 15) is 19.7 Å². The molecule has 0 unspecified atom stereocenters. The Morgan fingerprint density at radius 2 is 1.92 bits per heavy atom. The molecular formula is C16H22N4O4. The number of urea groups is 1. The number of nitro benzene ring substituents is 1. The zero-order valence-electron chi connectivity index (χ0n) is 13.5. The molecule has 1 fully saturated rings. The molecule has 24 heavy (non-hydrogen) atoms. The molecule has 0 atom stereocenters. The van der Waals surface area contributed by atoms with Crippen molar-refractivity contribution in [1.82, 2.24) is 15.5 Å². The maximum absolute atomic E-state index is 11.8. The molecule has 3 amide bonds. The Balaban J connectivity index is 1.67. The fourth-order valence-corrected chi connectivity index (χ4v) is 2.56. The molecule has 8 nitrogen and oxygen atoms in total. The fourth-order valence-electron chi connectivity index (χ4n) is 2.56. The molecule has 0 saturated carbocycles. The van der Waals surface area contributed by atoms with E-state index in [1.54, 1.807) is 17.0 Å². The van der Waals surface area contributed by atoms with Crippen molar-refractivity contribution in [3.05, 3.63) is 39.9 Å². The first-order valence-corrected chi connectivity index (χ1v) is 8.09. The van der Waals surface area contributed by atoms with Crippen LogP contribution in [0.15, 0.2) is 24.3 Å².